The third-order valence-corrected chi connectivity index (χ3v) is 4.36. The van der Waals surface area contributed by atoms with Crippen molar-refractivity contribution in [3.8, 4) is 11.5 Å². The molecule has 0 aliphatic carbocycles. The number of rotatable bonds is 7. The van der Waals surface area contributed by atoms with Crippen molar-refractivity contribution < 1.29 is 18.3 Å². The number of benzene rings is 1. The number of nitrogens with zero attached hydrogens (tertiary/aromatic N) is 3. The first-order valence-electron chi connectivity index (χ1n) is 9.35. The van der Waals surface area contributed by atoms with Crippen molar-refractivity contribution in [1.82, 2.24) is 20.0 Å². The van der Waals surface area contributed by atoms with Crippen LogP contribution in [0, 0.1) is 11.7 Å². The van der Waals surface area contributed by atoms with E-state index >= 15 is 0 Å². The smallest absolute Gasteiger partial charge is 0.388 e. The topological polar surface area (TPSA) is 89.6 Å². The molecule has 2 heterocycles. The van der Waals surface area contributed by atoms with Gasteiger partial charge in [-0.1, -0.05) is 13.8 Å². The van der Waals surface area contributed by atoms with Crippen molar-refractivity contribution in [2.45, 2.75) is 26.5 Å². The third-order valence-electron chi connectivity index (χ3n) is 4.36. The lowest BCUT2D eigenvalue weighted by Crippen LogP contribution is -2.48. The molecular formula is C19H25FN4O4. The van der Waals surface area contributed by atoms with Crippen LogP contribution in [0.5, 0.6) is 0 Å². The fraction of sp³-hybridized carbons (Fsp3) is 0.526. The maximum atomic E-state index is 13.0. The molecule has 0 spiro atoms. The lowest BCUT2D eigenvalue weighted by molar-refractivity contribution is -0.123. The van der Waals surface area contributed by atoms with E-state index in [9.17, 15) is 14.0 Å². The van der Waals surface area contributed by atoms with Crippen molar-refractivity contribution in [3.05, 3.63) is 40.6 Å². The number of hydrogen-bond donors (Lipinski definition) is 1. The number of carbonyl (C=O) groups is 1. The molecule has 9 heteroatoms. The van der Waals surface area contributed by atoms with Gasteiger partial charge in [0.2, 0.25) is 11.8 Å². The molecule has 1 aliphatic heterocycles. The minimum absolute atomic E-state index is 0.0396. The standard InChI is InChI=1S/C19H25FN4O4/c1-13(2)10-23-7-8-27-16(11-23)9-21-17(25)12-24-19(26)28-18(22-24)14-3-5-15(20)6-4-14/h3-6,13,16H,7-12H2,1-2H3,(H,21,25). The van der Waals surface area contributed by atoms with Gasteiger partial charge < -0.3 is 14.5 Å². The highest BCUT2D eigenvalue weighted by molar-refractivity contribution is 5.75. The number of morpholine rings is 1. The molecule has 1 aliphatic rings. The molecule has 1 N–H and O–H groups in total. The van der Waals surface area contributed by atoms with Gasteiger partial charge in [0.25, 0.3) is 0 Å². The molecule has 1 aromatic carbocycles. The summed E-state index contributed by atoms with van der Waals surface area (Å²) in [7, 11) is 0. The molecule has 152 valence electrons. The van der Waals surface area contributed by atoms with Crippen LogP contribution in [-0.2, 0) is 16.1 Å². The second-order valence-corrected chi connectivity index (χ2v) is 7.29. The lowest BCUT2D eigenvalue weighted by atomic mass is 10.2. The summed E-state index contributed by atoms with van der Waals surface area (Å²) in [5, 5.41) is 6.78. The fourth-order valence-corrected chi connectivity index (χ4v) is 3.12. The van der Waals surface area contributed by atoms with Crippen molar-refractivity contribution >= 4 is 5.91 Å². The normalized spacial score (nSPS) is 17.8. The van der Waals surface area contributed by atoms with Gasteiger partial charge in [0.05, 0.1) is 12.7 Å². The summed E-state index contributed by atoms with van der Waals surface area (Å²) >= 11 is 0. The van der Waals surface area contributed by atoms with E-state index in [0.29, 0.717) is 24.6 Å². The zero-order valence-corrected chi connectivity index (χ0v) is 16.1. The van der Waals surface area contributed by atoms with Crippen molar-refractivity contribution in [1.29, 1.82) is 0 Å². The van der Waals surface area contributed by atoms with Crippen LogP contribution < -0.4 is 11.1 Å². The molecule has 1 aromatic heterocycles. The molecule has 0 bridgehead atoms. The fourth-order valence-electron chi connectivity index (χ4n) is 3.12. The maximum Gasteiger partial charge on any atom is 0.437 e. The van der Waals surface area contributed by atoms with Gasteiger partial charge in [-0.3, -0.25) is 9.69 Å². The van der Waals surface area contributed by atoms with Crippen LogP contribution in [0.4, 0.5) is 4.39 Å². The summed E-state index contributed by atoms with van der Waals surface area (Å²) in [4.78, 5) is 26.4. The van der Waals surface area contributed by atoms with E-state index in [2.05, 4.69) is 29.2 Å². The first kappa shape index (κ1) is 20.2. The molecule has 1 atom stereocenters. The Labute approximate surface area is 162 Å². The average Bonchev–Trinajstić information content (AvgIpc) is 3.01. The first-order chi connectivity index (χ1) is 13.4. The summed E-state index contributed by atoms with van der Waals surface area (Å²) in [6.07, 6.45) is -0.0831. The Bertz CT molecular complexity index is 846. The highest BCUT2D eigenvalue weighted by Gasteiger charge is 2.22. The van der Waals surface area contributed by atoms with Crippen LogP contribution in [0.1, 0.15) is 13.8 Å². The second kappa shape index (κ2) is 9.11. The van der Waals surface area contributed by atoms with Gasteiger partial charge in [-0.25, -0.2) is 9.18 Å². The van der Waals surface area contributed by atoms with E-state index in [-0.39, 0.29) is 24.4 Å². The molecule has 0 saturated carbocycles. The van der Waals surface area contributed by atoms with E-state index in [1.165, 1.54) is 24.3 Å². The predicted octanol–water partition coefficient (Wildman–Crippen LogP) is 1.12. The van der Waals surface area contributed by atoms with Gasteiger partial charge in [-0.2, -0.15) is 4.68 Å². The van der Waals surface area contributed by atoms with Crippen molar-refractivity contribution in [3.63, 3.8) is 0 Å². The molecule has 1 unspecified atom stereocenters. The van der Waals surface area contributed by atoms with Gasteiger partial charge in [0.15, 0.2) is 0 Å². The zero-order chi connectivity index (χ0) is 20.1. The van der Waals surface area contributed by atoms with Gasteiger partial charge in [-0.15, -0.1) is 5.10 Å². The molecule has 1 fully saturated rings. The van der Waals surface area contributed by atoms with Crippen LogP contribution >= 0.6 is 0 Å². The van der Waals surface area contributed by atoms with Crippen molar-refractivity contribution in [2.24, 2.45) is 5.92 Å². The highest BCUT2D eigenvalue weighted by atomic mass is 19.1. The summed E-state index contributed by atoms with van der Waals surface area (Å²) < 4.78 is 24.7. The maximum absolute atomic E-state index is 13.0. The van der Waals surface area contributed by atoms with Gasteiger partial charge >= 0.3 is 5.76 Å². The van der Waals surface area contributed by atoms with E-state index in [4.69, 9.17) is 9.15 Å². The predicted molar refractivity (Wildman–Crippen MR) is 100 cm³/mol. The summed E-state index contributed by atoms with van der Waals surface area (Å²) in [5.41, 5.74) is 0.457. The molecule has 8 nitrogen and oxygen atoms in total. The van der Waals surface area contributed by atoms with E-state index in [1.807, 2.05) is 0 Å². The quantitative estimate of drug-likeness (QED) is 0.759. The monoisotopic (exact) mass is 392 g/mol. The number of aromatic nitrogens is 2. The number of amides is 1. The molecule has 28 heavy (non-hydrogen) atoms. The number of hydrogen-bond acceptors (Lipinski definition) is 6. The van der Waals surface area contributed by atoms with Crippen LogP contribution in [0.25, 0.3) is 11.5 Å². The van der Waals surface area contributed by atoms with Crippen LogP contribution in [0.2, 0.25) is 0 Å². The Balaban J connectivity index is 1.52. The number of carbonyl (C=O) groups excluding carboxylic acids is 1. The first-order valence-corrected chi connectivity index (χ1v) is 9.35. The molecule has 2 aromatic rings. The Hall–Kier alpha value is -2.52. The van der Waals surface area contributed by atoms with E-state index < -0.39 is 11.6 Å². The van der Waals surface area contributed by atoms with Crippen molar-refractivity contribution in [2.75, 3.05) is 32.8 Å². The van der Waals surface area contributed by atoms with Crippen LogP contribution in [0.15, 0.2) is 33.5 Å². The van der Waals surface area contributed by atoms with E-state index in [0.717, 1.165) is 24.3 Å². The largest absolute Gasteiger partial charge is 0.437 e. The molecule has 3 rings (SSSR count). The third kappa shape index (κ3) is 5.49. The van der Waals surface area contributed by atoms with Crippen LogP contribution in [0.3, 0.4) is 0 Å². The summed E-state index contributed by atoms with van der Waals surface area (Å²) in [5.74, 6) is -0.889. The SMILES string of the molecule is CC(C)CN1CCOC(CNC(=O)Cn2nc(-c3ccc(F)cc3)oc2=O)C1. The summed E-state index contributed by atoms with van der Waals surface area (Å²) in [6.45, 7) is 7.73. The number of ether oxygens (including phenoxy) is 1. The Morgan fingerprint density at radius 2 is 2.11 bits per heavy atom. The average molecular weight is 392 g/mol. The highest BCUT2D eigenvalue weighted by Crippen LogP contribution is 2.15. The lowest BCUT2D eigenvalue weighted by Gasteiger charge is -2.33. The van der Waals surface area contributed by atoms with Gasteiger partial charge in [-0.05, 0) is 30.2 Å². The molecule has 0 radical (unpaired) electrons. The molecule has 1 saturated heterocycles. The minimum atomic E-state index is -0.744. The Morgan fingerprint density at radius 1 is 1.36 bits per heavy atom. The Kier molecular flexibility index (Phi) is 6.58. The molecular weight excluding hydrogens is 367 g/mol. The van der Waals surface area contributed by atoms with Crippen LogP contribution in [-0.4, -0.2) is 59.5 Å². The second-order valence-electron chi connectivity index (χ2n) is 7.29. The Morgan fingerprint density at radius 3 is 2.82 bits per heavy atom. The summed E-state index contributed by atoms with van der Waals surface area (Å²) in [6, 6.07) is 5.39. The number of halogens is 1. The molecule has 1 amide bonds. The van der Waals surface area contributed by atoms with Gasteiger partial charge in [0, 0.05) is 31.7 Å². The van der Waals surface area contributed by atoms with E-state index in [1.54, 1.807) is 0 Å². The zero-order valence-electron chi connectivity index (χ0n) is 16.1. The van der Waals surface area contributed by atoms with Gasteiger partial charge in [0.1, 0.15) is 12.4 Å². The minimum Gasteiger partial charge on any atom is -0.388 e. The number of nitrogens with one attached hydrogen (secondary N) is 1.